The summed E-state index contributed by atoms with van der Waals surface area (Å²) in [5.74, 6) is 2.86. The molecule has 0 unspecified atom stereocenters. The number of ether oxygens (including phenoxy) is 2. The van der Waals surface area contributed by atoms with E-state index in [0.29, 0.717) is 6.61 Å². The zero-order valence-electron chi connectivity index (χ0n) is 15.9. The summed E-state index contributed by atoms with van der Waals surface area (Å²) in [5, 5.41) is 0. The quantitative estimate of drug-likeness (QED) is 0.348. The van der Waals surface area contributed by atoms with Crippen molar-refractivity contribution in [2.75, 3.05) is 25.2 Å². The first-order chi connectivity index (χ1) is 13.3. The highest BCUT2D eigenvalue weighted by atomic mass is 32.2. The van der Waals surface area contributed by atoms with E-state index in [1.54, 1.807) is 7.11 Å². The van der Waals surface area contributed by atoms with E-state index < -0.39 is 5.60 Å². The molecule has 3 aromatic rings. The molecule has 0 aromatic heterocycles. The molecule has 0 aliphatic rings. The summed E-state index contributed by atoms with van der Waals surface area (Å²) in [4.78, 5) is 0. The summed E-state index contributed by atoms with van der Waals surface area (Å²) in [6, 6.07) is 29.0. The van der Waals surface area contributed by atoms with E-state index in [9.17, 15) is 0 Å². The predicted octanol–water partition coefficient (Wildman–Crippen LogP) is 5.76. The average molecular weight is 379 g/mol. The van der Waals surface area contributed by atoms with E-state index in [4.69, 9.17) is 9.47 Å². The van der Waals surface area contributed by atoms with Gasteiger partial charge in [-0.25, -0.2) is 0 Å². The van der Waals surface area contributed by atoms with Gasteiger partial charge in [0.15, 0.2) is 0 Å². The molecule has 0 N–H and O–H groups in total. The van der Waals surface area contributed by atoms with E-state index >= 15 is 0 Å². The molecular weight excluding hydrogens is 352 g/mol. The van der Waals surface area contributed by atoms with Crippen LogP contribution < -0.4 is 4.74 Å². The van der Waals surface area contributed by atoms with Crippen molar-refractivity contribution < 1.29 is 9.47 Å². The fourth-order valence-electron chi connectivity index (χ4n) is 3.40. The number of rotatable bonds is 9. The van der Waals surface area contributed by atoms with Gasteiger partial charge in [-0.15, -0.1) is 0 Å². The molecule has 0 bridgehead atoms. The Kier molecular flexibility index (Phi) is 6.97. The molecule has 0 heterocycles. The molecule has 3 heteroatoms. The van der Waals surface area contributed by atoms with E-state index in [1.165, 1.54) is 0 Å². The Balaban J connectivity index is 2.21. The fourth-order valence-corrected chi connectivity index (χ4v) is 3.89. The van der Waals surface area contributed by atoms with Gasteiger partial charge in [0.1, 0.15) is 11.4 Å². The molecule has 0 aliphatic carbocycles. The Bertz CT molecular complexity index is 779. The predicted molar refractivity (Wildman–Crippen MR) is 115 cm³/mol. The molecule has 0 fully saturated rings. The molecule has 0 atom stereocenters. The SMILES string of the molecule is CCSCCOC(c1ccccc1)(c1ccccc1)c1ccccc1OC. The number of thioether (sulfide) groups is 1. The monoisotopic (exact) mass is 378 g/mol. The van der Waals surface area contributed by atoms with Crippen LogP contribution in [0.15, 0.2) is 84.9 Å². The van der Waals surface area contributed by atoms with Crippen molar-refractivity contribution in [3.8, 4) is 5.75 Å². The second-order valence-electron chi connectivity index (χ2n) is 6.16. The van der Waals surface area contributed by atoms with Crippen molar-refractivity contribution >= 4 is 11.8 Å². The molecule has 0 saturated carbocycles. The van der Waals surface area contributed by atoms with Crippen LogP contribution in [-0.2, 0) is 10.3 Å². The highest BCUT2D eigenvalue weighted by Crippen LogP contribution is 2.44. The third-order valence-corrected chi connectivity index (χ3v) is 5.46. The summed E-state index contributed by atoms with van der Waals surface area (Å²) in [6.07, 6.45) is 0. The van der Waals surface area contributed by atoms with Crippen molar-refractivity contribution in [3.05, 3.63) is 102 Å². The number of benzene rings is 3. The zero-order valence-corrected chi connectivity index (χ0v) is 16.7. The van der Waals surface area contributed by atoms with Crippen LogP contribution in [0.2, 0.25) is 0 Å². The second-order valence-corrected chi connectivity index (χ2v) is 7.55. The first-order valence-corrected chi connectivity index (χ1v) is 10.4. The molecule has 0 saturated heterocycles. The summed E-state index contributed by atoms with van der Waals surface area (Å²) in [5.41, 5.74) is 2.50. The van der Waals surface area contributed by atoms with E-state index in [2.05, 4.69) is 61.5 Å². The largest absolute Gasteiger partial charge is 0.496 e. The zero-order chi connectivity index (χ0) is 19.0. The molecule has 0 amide bonds. The molecule has 0 aliphatic heterocycles. The van der Waals surface area contributed by atoms with Gasteiger partial charge < -0.3 is 9.47 Å². The number of hydrogen-bond donors (Lipinski definition) is 0. The Labute approximate surface area is 166 Å². The molecule has 3 rings (SSSR count). The number of methoxy groups -OCH3 is 1. The van der Waals surface area contributed by atoms with Crippen LogP contribution in [0.1, 0.15) is 23.6 Å². The van der Waals surface area contributed by atoms with Gasteiger partial charge in [-0.1, -0.05) is 85.8 Å². The highest BCUT2D eigenvalue weighted by molar-refractivity contribution is 7.99. The first-order valence-electron chi connectivity index (χ1n) is 9.29. The van der Waals surface area contributed by atoms with Crippen LogP contribution in [0.4, 0.5) is 0 Å². The van der Waals surface area contributed by atoms with Gasteiger partial charge in [0, 0.05) is 11.3 Å². The minimum absolute atomic E-state index is 0.653. The molecule has 27 heavy (non-hydrogen) atoms. The van der Waals surface area contributed by atoms with E-state index in [1.807, 2.05) is 42.1 Å². The lowest BCUT2D eigenvalue weighted by atomic mass is 9.79. The Hall–Kier alpha value is -2.23. The summed E-state index contributed by atoms with van der Waals surface area (Å²) >= 11 is 1.89. The lowest BCUT2D eigenvalue weighted by molar-refractivity contribution is 0.0216. The smallest absolute Gasteiger partial charge is 0.147 e. The Morgan fingerprint density at radius 1 is 0.778 bits per heavy atom. The molecule has 3 aromatic carbocycles. The summed E-state index contributed by atoms with van der Waals surface area (Å²) < 4.78 is 12.5. The topological polar surface area (TPSA) is 18.5 Å². The standard InChI is InChI=1S/C24H26O2S/c1-3-27-19-18-26-24(20-12-6-4-7-13-20,21-14-8-5-9-15-21)22-16-10-11-17-23(22)25-2/h4-17H,3,18-19H2,1-2H3. The normalized spacial score (nSPS) is 11.3. The third-order valence-electron chi connectivity index (χ3n) is 4.60. The summed E-state index contributed by atoms with van der Waals surface area (Å²) in [7, 11) is 1.71. The molecular formula is C24H26O2S. The second kappa shape index (κ2) is 9.63. The van der Waals surface area contributed by atoms with Crippen molar-refractivity contribution in [2.24, 2.45) is 0 Å². The minimum Gasteiger partial charge on any atom is -0.496 e. The van der Waals surface area contributed by atoms with Gasteiger partial charge in [-0.2, -0.15) is 11.8 Å². The Morgan fingerprint density at radius 2 is 1.33 bits per heavy atom. The van der Waals surface area contributed by atoms with Gasteiger partial charge in [0.05, 0.1) is 13.7 Å². The van der Waals surface area contributed by atoms with Crippen molar-refractivity contribution in [1.29, 1.82) is 0 Å². The van der Waals surface area contributed by atoms with Crippen molar-refractivity contribution in [1.82, 2.24) is 0 Å². The third kappa shape index (κ3) is 4.20. The fraction of sp³-hybridized carbons (Fsp3) is 0.250. The lowest BCUT2D eigenvalue weighted by Gasteiger charge is -2.36. The number of hydrogen-bond acceptors (Lipinski definition) is 3. The lowest BCUT2D eigenvalue weighted by Crippen LogP contribution is -2.34. The average Bonchev–Trinajstić information content (AvgIpc) is 2.75. The van der Waals surface area contributed by atoms with Crippen LogP contribution in [0.25, 0.3) is 0 Å². The Morgan fingerprint density at radius 3 is 1.89 bits per heavy atom. The maximum Gasteiger partial charge on any atom is 0.147 e. The van der Waals surface area contributed by atoms with Crippen LogP contribution in [0.5, 0.6) is 5.75 Å². The van der Waals surface area contributed by atoms with Crippen LogP contribution in [0.3, 0.4) is 0 Å². The van der Waals surface area contributed by atoms with E-state index in [-0.39, 0.29) is 0 Å². The first kappa shape index (κ1) is 19.5. The van der Waals surface area contributed by atoms with Gasteiger partial charge in [0.25, 0.3) is 0 Å². The molecule has 0 spiro atoms. The van der Waals surface area contributed by atoms with Crippen LogP contribution >= 0.6 is 11.8 Å². The molecule has 0 radical (unpaired) electrons. The maximum absolute atomic E-state index is 6.73. The van der Waals surface area contributed by atoms with Gasteiger partial charge in [-0.05, 0) is 22.9 Å². The van der Waals surface area contributed by atoms with Crippen molar-refractivity contribution in [2.45, 2.75) is 12.5 Å². The van der Waals surface area contributed by atoms with Crippen LogP contribution in [0, 0.1) is 0 Å². The summed E-state index contributed by atoms with van der Waals surface area (Å²) in [6.45, 7) is 2.83. The minimum atomic E-state index is -0.719. The number of para-hydroxylation sites is 1. The van der Waals surface area contributed by atoms with Crippen molar-refractivity contribution in [3.63, 3.8) is 0 Å². The van der Waals surface area contributed by atoms with Gasteiger partial charge >= 0.3 is 0 Å². The maximum atomic E-state index is 6.73. The molecule has 2 nitrogen and oxygen atoms in total. The van der Waals surface area contributed by atoms with Crippen LogP contribution in [-0.4, -0.2) is 25.2 Å². The van der Waals surface area contributed by atoms with Gasteiger partial charge in [-0.3, -0.25) is 0 Å². The van der Waals surface area contributed by atoms with E-state index in [0.717, 1.165) is 33.9 Å². The van der Waals surface area contributed by atoms with Gasteiger partial charge in [0.2, 0.25) is 0 Å². The molecule has 140 valence electrons. The highest BCUT2D eigenvalue weighted by Gasteiger charge is 2.39.